The zero-order valence-corrected chi connectivity index (χ0v) is 7.41. The summed E-state index contributed by atoms with van der Waals surface area (Å²) in [6.07, 6.45) is 1.51. The van der Waals surface area contributed by atoms with Crippen LogP contribution < -0.4 is 11.1 Å². The van der Waals surface area contributed by atoms with Crippen LogP contribution in [-0.4, -0.2) is 21.7 Å². The summed E-state index contributed by atoms with van der Waals surface area (Å²) in [5, 5.41) is 11.5. The van der Waals surface area contributed by atoms with E-state index < -0.39 is 0 Å². The number of nitrogens with two attached hydrogens (primary N) is 1. The Kier molecular flexibility index (Phi) is 2.81. The van der Waals surface area contributed by atoms with Crippen molar-refractivity contribution in [2.24, 2.45) is 0 Å². The minimum atomic E-state index is -0.150. The third-order valence-electron chi connectivity index (χ3n) is 1.42. The van der Waals surface area contributed by atoms with Crippen LogP contribution >= 0.6 is 0 Å². The van der Waals surface area contributed by atoms with Crippen molar-refractivity contribution in [1.82, 2.24) is 9.97 Å². The quantitative estimate of drug-likeness (QED) is 0.622. The number of aliphatic hydroxyl groups is 1. The largest absolute Gasteiger partial charge is 0.394 e. The molecule has 0 atom stereocenters. The molecular weight excluding hydrogens is 168 g/mol. The molecule has 1 rings (SSSR count). The van der Waals surface area contributed by atoms with E-state index in [1.165, 1.54) is 6.20 Å². The van der Waals surface area contributed by atoms with Crippen LogP contribution in [0, 0.1) is 6.92 Å². The van der Waals surface area contributed by atoms with Gasteiger partial charge in [0.05, 0.1) is 18.5 Å². The highest BCUT2D eigenvalue weighted by atomic mass is 16.3. The number of nitrogen functional groups attached to an aromatic ring is 1. The molecule has 0 amide bonds. The SMILES string of the molecule is C=C(CO)Nc1nc(C)ncc1N. The average Bonchev–Trinajstić information content (AvgIpc) is 2.11. The van der Waals surface area contributed by atoms with Gasteiger partial charge in [0.15, 0.2) is 5.82 Å². The van der Waals surface area contributed by atoms with Crippen molar-refractivity contribution in [2.45, 2.75) is 6.92 Å². The molecule has 1 aromatic rings. The van der Waals surface area contributed by atoms with Gasteiger partial charge in [-0.25, -0.2) is 9.97 Å². The molecule has 0 saturated heterocycles. The molecule has 0 fully saturated rings. The van der Waals surface area contributed by atoms with E-state index in [9.17, 15) is 0 Å². The maximum Gasteiger partial charge on any atom is 0.157 e. The van der Waals surface area contributed by atoms with Gasteiger partial charge >= 0.3 is 0 Å². The standard InChI is InChI=1S/C8H12N4O/c1-5(4-13)11-8-7(9)3-10-6(2)12-8/h3,13H,1,4,9H2,2H3,(H,10,11,12). The van der Waals surface area contributed by atoms with Crippen LogP contribution in [0.15, 0.2) is 18.5 Å². The topological polar surface area (TPSA) is 84.1 Å². The van der Waals surface area contributed by atoms with Gasteiger partial charge in [0.2, 0.25) is 0 Å². The Hall–Kier alpha value is -1.62. The smallest absolute Gasteiger partial charge is 0.157 e. The summed E-state index contributed by atoms with van der Waals surface area (Å²) in [7, 11) is 0. The van der Waals surface area contributed by atoms with Gasteiger partial charge in [0.25, 0.3) is 0 Å². The lowest BCUT2D eigenvalue weighted by molar-refractivity contribution is 0.333. The molecule has 4 N–H and O–H groups in total. The first-order valence-electron chi connectivity index (χ1n) is 3.78. The van der Waals surface area contributed by atoms with E-state index in [2.05, 4.69) is 21.9 Å². The van der Waals surface area contributed by atoms with Crippen LogP contribution in [0.4, 0.5) is 11.5 Å². The molecule has 0 spiro atoms. The van der Waals surface area contributed by atoms with Crippen LogP contribution in [0.3, 0.4) is 0 Å². The maximum absolute atomic E-state index is 8.71. The molecule has 5 heteroatoms. The number of nitrogens with one attached hydrogen (secondary N) is 1. The van der Waals surface area contributed by atoms with Gasteiger partial charge in [0.1, 0.15) is 5.82 Å². The Bertz CT molecular complexity index is 324. The van der Waals surface area contributed by atoms with Gasteiger partial charge in [-0.1, -0.05) is 6.58 Å². The number of rotatable bonds is 3. The second-order valence-electron chi connectivity index (χ2n) is 2.61. The summed E-state index contributed by atoms with van der Waals surface area (Å²) < 4.78 is 0. The number of hydrogen-bond donors (Lipinski definition) is 3. The van der Waals surface area contributed by atoms with E-state index in [0.29, 0.717) is 23.0 Å². The average molecular weight is 180 g/mol. The molecule has 0 aromatic carbocycles. The summed E-state index contributed by atoms with van der Waals surface area (Å²) in [5.74, 6) is 1.09. The second-order valence-corrected chi connectivity index (χ2v) is 2.61. The highest BCUT2D eigenvalue weighted by molar-refractivity contribution is 5.61. The summed E-state index contributed by atoms with van der Waals surface area (Å²) in [6.45, 7) is 5.17. The van der Waals surface area contributed by atoms with Crippen LogP contribution in [0.5, 0.6) is 0 Å². The van der Waals surface area contributed by atoms with Gasteiger partial charge < -0.3 is 16.2 Å². The van der Waals surface area contributed by atoms with Crippen molar-refractivity contribution < 1.29 is 5.11 Å². The van der Waals surface area contributed by atoms with Gasteiger partial charge in [0, 0.05) is 5.70 Å². The summed E-state index contributed by atoms with van der Waals surface area (Å²) in [4.78, 5) is 7.95. The summed E-state index contributed by atoms with van der Waals surface area (Å²) in [6, 6.07) is 0. The minimum Gasteiger partial charge on any atom is -0.394 e. The third kappa shape index (κ3) is 2.41. The van der Waals surface area contributed by atoms with E-state index in [-0.39, 0.29) is 6.61 Å². The molecule has 0 saturated carbocycles. The van der Waals surface area contributed by atoms with E-state index in [4.69, 9.17) is 10.8 Å². The van der Waals surface area contributed by atoms with Crippen molar-refractivity contribution in [1.29, 1.82) is 0 Å². The third-order valence-corrected chi connectivity index (χ3v) is 1.42. The number of hydrogen-bond acceptors (Lipinski definition) is 5. The van der Waals surface area contributed by atoms with Gasteiger partial charge in [-0.05, 0) is 6.92 Å². The number of nitrogens with zero attached hydrogens (tertiary/aromatic N) is 2. The first-order chi connectivity index (χ1) is 6.13. The Morgan fingerprint density at radius 2 is 2.46 bits per heavy atom. The normalized spacial score (nSPS) is 9.69. The Morgan fingerprint density at radius 1 is 1.77 bits per heavy atom. The van der Waals surface area contributed by atoms with E-state index in [0.717, 1.165) is 0 Å². The molecule has 5 nitrogen and oxygen atoms in total. The number of aryl methyl sites for hydroxylation is 1. The molecule has 0 bridgehead atoms. The lowest BCUT2D eigenvalue weighted by Crippen LogP contribution is -2.07. The Labute approximate surface area is 76.3 Å². The molecule has 13 heavy (non-hydrogen) atoms. The number of anilines is 2. The molecule has 1 aromatic heterocycles. The fourth-order valence-electron chi connectivity index (χ4n) is 0.786. The fourth-order valence-corrected chi connectivity index (χ4v) is 0.786. The lowest BCUT2D eigenvalue weighted by atomic mass is 10.4. The van der Waals surface area contributed by atoms with Crippen LogP contribution in [0.25, 0.3) is 0 Å². The van der Waals surface area contributed by atoms with Crippen molar-refractivity contribution >= 4 is 11.5 Å². The van der Waals surface area contributed by atoms with E-state index >= 15 is 0 Å². The zero-order valence-electron chi connectivity index (χ0n) is 7.41. The molecule has 0 unspecified atom stereocenters. The first kappa shape index (κ1) is 9.47. The lowest BCUT2D eigenvalue weighted by Gasteiger charge is -2.08. The van der Waals surface area contributed by atoms with Crippen molar-refractivity contribution in [3.63, 3.8) is 0 Å². The molecule has 0 aliphatic heterocycles. The highest BCUT2D eigenvalue weighted by Crippen LogP contribution is 2.14. The molecule has 0 aliphatic carbocycles. The van der Waals surface area contributed by atoms with E-state index in [1.54, 1.807) is 6.92 Å². The van der Waals surface area contributed by atoms with Crippen LogP contribution in [0.1, 0.15) is 5.82 Å². The monoisotopic (exact) mass is 180 g/mol. The fraction of sp³-hybridized carbons (Fsp3) is 0.250. The van der Waals surface area contributed by atoms with Gasteiger partial charge in [-0.3, -0.25) is 0 Å². The molecule has 1 heterocycles. The number of aromatic nitrogens is 2. The second kappa shape index (κ2) is 3.86. The van der Waals surface area contributed by atoms with Crippen molar-refractivity contribution in [2.75, 3.05) is 17.7 Å². The van der Waals surface area contributed by atoms with Crippen molar-refractivity contribution in [3.8, 4) is 0 Å². The Morgan fingerprint density at radius 3 is 3.08 bits per heavy atom. The molecule has 0 radical (unpaired) electrons. The van der Waals surface area contributed by atoms with Crippen LogP contribution in [0.2, 0.25) is 0 Å². The number of aliphatic hydroxyl groups excluding tert-OH is 1. The minimum absolute atomic E-state index is 0.150. The predicted octanol–water partition coefficient (Wildman–Crippen LogP) is 0.285. The predicted molar refractivity (Wildman–Crippen MR) is 51.0 cm³/mol. The summed E-state index contributed by atoms with van der Waals surface area (Å²) >= 11 is 0. The van der Waals surface area contributed by atoms with Gasteiger partial charge in [-0.15, -0.1) is 0 Å². The maximum atomic E-state index is 8.71. The molecule has 70 valence electrons. The molecule has 0 aliphatic rings. The first-order valence-corrected chi connectivity index (χ1v) is 3.78. The highest BCUT2D eigenvalue weighted by Gasteiger charge is 2.02. The zero-order chi connectivity index (χ0) is 9.84. The van der Waals surface area contributed by atoms with Crippen LogP contribution in [-0.2, 0) is 0 Å². The Balaban J connectivity index is 2.87. The van der Waals surface area contributed by atoms with E-state index in [1.807, 2.05) is 0 Å². The summed E-state index contributed by atoms with van der Waals surface area (Å²) in [5.41, 5.74) is 6.46. The van der Waals surface area contributed by atoms with Gasteiger partial charge in [-0.2, -0.15) is 0 Å². The van der Waals surface area contributed by atoms with Crippen molar-refractivity contribution in [3.05, 3.63) is 24.3 Å². The molecular formula is C8H12N4O.